The van der Waals surface area contributed by atoms with E-state index in [1.54, 1.807) is 6.92 Å². The third-order valence-corrected chi connectivity index (χ3v) is 3.42. The summed E-state index contributed by atoms with van der Waals surface area (Å²) in [5.41, 5.74) is -5.13. The summed E-state index contributed by atoms with van der Waals surface area (Å²) in [6.45, 7) is 11.3. The van der Waals surface area contributed by atoms with E-state index in [9.17, 15) is 31.1 Å². The molecule has 9 heteroatoms. The molecule has 0 aromatic rings. The van der Waals surface area contributed by atoms with Gasteiger partial charge in [0.1, 0.15) is 0 Å². The monoisotopic (exact) mass is 362 g/mol. The Balaban J connectivity index is 5.04. The fraction of sp³-hybridized carbons (Fsp3) is 0.667. The van der Waals surface area contributed by atoms with Gasteiger partial charge in [-0.1, -0.05) is 38.2 Å². The van der Waals surface area contributed by atoms with Gasteiger partial charge in [-0.3, -0.25) is 0 Å². The Bertz CT molecular complexity index is 488. The molecule has 0 fully saturated rings. The molecule has 0 amide bonds. The van der Waals surface area contributed by atoms with Crippen LogP contribution in [-0.4, -0.2) is 35.6 Å². The minimum absolute atomic E-state index is 0.280. The second-order valence-electron chi connectivity index (χ2n) is 6.33. The maximum atomic E-state index is 12.5. The zero-order chi connectivity index (χ0) is 19.6. The number of allylic oxidation sites excluding steroid dienone is 2. The molecule has 0 aliphatic heterocycles. The second-order valence-corrected chi connectivity index (χ2v) is 6.33. The van der Waals surface area contributed by atoms with Gasteiger partial charge in [-0.25, -0.2) is 4.79 Å². The van der Waals surface area contributed by atoms with Gasteiger partial charge in [0.05, 0.1) is 6.61 Å². The predicted molar refractivity (Wildman–Crippen MR) is 75.0 cm³/mol. The summed E-state index contributed by atoms with van der Waals surface area (Å²) in [7, 11) is 0. The zero-order valence-electron chi connectivity index (χ0n) is 13.6. The van der Waals surface area contributed by atoms with Crippen LogP contribution in [0.5, 0.6) is 0 Å². The molecule has 0 aliphatic carbocycles. The first kappa shape index (κ1) is 22.5. The SMILES string of the molecule is C=C(C)C(=C)CCC(C)(C)COC(=O)C(O)(C(F)(F)F)C(F)(F)F. The van der Waals surface area contributed by atoms with Gasteiger partial charge < -0.3 is 9.84 Å². The summed E-state index contributed by atoms with van der Waals surface area (Å²) in [6, 6.07) is 0. The number of hydrogen-bond acceptors (Lipinski definition) is 3. The number of esters is 1. The minimum Gasteiger partial charge on any atom is -0.462 e. The standard InChI is InChI=1S/C15H20F6O3/c1-9(2)10(3)6-7-12(4,5)8-24-11(22)13(23,14(16,17)18)15(19,20)21/h23H,1,3,6-8H2,2,4-5H3. The van der Waals surface area contributed by atoms with Crippen LogP contribution in [0.4, 0.5) is 26.3 Å². The topological polar surface area (TPSA) is 46.5 Å². The Labute approximate surface area is 136 Å². The van der Waals surface area contributed by atoms with Crippen LogP contribution in [0, 0.1) is 5.41 Å². The highest BCUT2D eigenvalue weighted by atomic mass is 19.4. The van der Waals surface area contributed by atoms with E-state index in [1.165, 1.54) is 13.8 Å². The second kappa shape index (κ2) is 7.16. The average molecular weight is 362 g/mol. The highest BCUT2D eigenvalue weighted by molar-refractivity contribution is 5.81. The lowest BCUT2D eigenvalue weighted by Gasteiger charge is -2.32. The molecule has 0 aromatic heterocycles. The highest BCUT2D eigenvalue weighted by Crippen LogP contribution is 2.44. The van der Waals surface area contributed by atoms with Crippen LogP contribution in [0.2, 0.25) is 0 Å². The fourth-order valence-electron chi connectivity index (χ4n) is 1.53. The molecule has 0 rings (SSSR count). The Hall–Kier alpha value is -1.51. The Morgan fingerprint density at radius 2 is 1.46 bits per heavy atom. The summed E-state index contributed by atoms with van der Waals surface area (Å²) < 4.78 is 79.3. The molecule has 140 valence electrons. The van der Waals surface area contributed by atoms with E-state index in [2.05, 4.69) is 17.9 Å². The molecule has 0 atom stereocenters. The molecule has 0 aromatic carbocycles. The van der Waals surface area contributed by atoms with Gasteiger partial charge in [-0.05, 0) is 25.2 Å². The van der Waals surface area contributed by atoms with Crippen LogP contribution >= 0.6 is 0 Å². The predicted octanol–water partition coefficient (Wildman–Crippen LogP) is 4.32. The van der Waals surface area contributed by atoms with E-state index in [0.29, 0.717) is 17.6 Å². The van der Waals surface area contributed by atoms with Crippen molar-refractivity contribution in [3.05, 3.63) is 24.3 Å². The van der Waals surface area contributed by atoms with Crippen molar-refractivity contribution in [3.63, 3.8) is 0 Å². The molecule has 1 N–H and O–H groups in total. The number of alkyl halides is 6. The molecule has 0 heterocycles. The van der Waals surface area contributed by atoms with Gasteiger partial charge >= 0.3 is 23.9 Å². The lowest BCUT2D eigenvalue weighted by Crippen LogP contribution is -2.63. The molecule has 0 radical (unpaired) electrons. The molecule has 0 saturated carbocycles. The number of carbonyl (C=O) groups is 1. The Kier molecular flexibility index (Phi) is 6.71. The molecule has 0 aliphatic rings. The van der Waals surface area contributed by atoms with Crippen LogP contribution in [0.1, 0.15) is 33.6 Å². The molecule has 0 unspecified atom stereocenters. The van der Waals surface area contributed by atoms with Crippen LogP contribution in [0.3, 0.4) is 0 Å². The highest BCUT2D eigenvalue weighted by Gasteiger charge is 2.76. The van der Waals surface area contributed by atoms with Crippen molar-refractivity contribution in [2.45, 2.75) is 51.6 Å². The summed E-state index contributed by atoms with van der Waals surface area (Å²) in [4.78, 5) is 11.3. The van der Waals surface area contributed by atoms with Crippen LogP contribution in [0.25, 0.3) is 0 Å². The van der Waals surface area contributed by atoms with Crippen molar-refractivity contribution in [2.24, 2.45) is 5.41 Å². The lowest BCUT2D eigenvalue weighted by atomic mass is 9.86. The molecule has 24 heavy (non-hydrogen) atoms. The van der Waals surface area contributed by atoms with Gasteiger partial charge in [-0.15, -0.1) is 0 Å². The number of halogens is 6. The van der Waals surface area contributed by atoms with Crippen LogP contribution < -0.4 is 0 Å². The van der Waals surface area contributed by atoms with Crippen molar-refractivity contribution >= 4 is 5.97 Å². The average Bonchev–Trinajstić information content (AvgIpc) is 2.38. The van der Waals surface area contributed by atoms with Crippen molar-refractivity contribution < 1.29 is 41.0 Å². The first-order valence-electron chi connectivity index (χ1n) is 6.82. The quantitative estimate of drug-likeness (QED) is 0.417. The summed E-state index contributed by atoms with van der Waals surface area (Å²) in [5, 5.41) is 8.89. The van der Waals surface area contributed by atoms with E-state index in [0.717, 1.165) is 0 Å². The number of hydrogen-bond donors (Lipinski definition) is 1. The van der Waals surface area contributed by atoms with E-state index >= 15 is 0 Å². The maximum absolute atomic E-state index is 12.5. The lowest BCUT2D eigenvalue weighted by molar-refractivity contribution is -0.357. The normalized spacial score (nSPS) is 13.6. The third-order valence-electron chi connectivity index (χ3n) is 3.42. The van der Waals surface area contributed by atoms with Crippen LogP contribution in [-0.2, 0) is 9.53 Å². The van der Waals surface area contributed by atoms with Crippen molar-refractivity contribution in [1.82, 2.24) is 0 Å². The Morgan fingerprint density at radius 3 is 1.79 bits per heavy atom. The minimum atomic E-state index is -6.25. The smallest absolute Gasteiger partial charge is 0.437 e. The van der Waals surface area contributed by atoms with Gasteiger partial charge in [0.2, 0.25) is 0 Å². The van der Waals surface area contributed by atoms with E-state index < -0.39 is 35.9 Å². The van der Waals surface area contributed by atoms with E-state index in [-0.39, 0.29) is 6.42 Å². The molecule has 0 spiro atoms. The Morgan fingerprint density at radius 1 is 1.04 bits per heavy atom. The first-order chi connectivity index (χ1) is 10.5. The molecular formula is C15H20F6O3. The summed E-state index contributed by atoms with van der Waals surface area (Å²) in [5.74, 6) is -2.80. The fourth-order valence-corrected chi connectivity index (χ4v) is 1.53. The van der Waals surface area contributed by atoms with Crippen LogP contribution in [0.15, 0.2) is 24.3 Å². The number of rotatable bonds is 7. The maximum Gasteiger partial charge on any atom is 0.437 e. The molecule has 0 saturated heterocycles. The molecule has 3 nitrogen and oxygen atoms in total. The van der Waals surface area contributed by atoms with Crippen molar-refractivity contribution in [2.75, 3.05) is 6.61 Å². The van der Waals surface area contributed by atoms with E-state index in [1.807, 2.05) is 0 Å². The van der Waals surface area contributed by atoms with E-state index in [4.69, 9.17) is 5.11 Å². The van der Waals surface area contributed by atoms with Gasteiger partial charge in [0.15, 0.2) is 0 Å². The summed E-state index contributed by atoms with van der Waals surface area (Å²) >= 11 is 0. The molecular weight excluding hydrogens is 342 g/mol. The van der Waals surface area contributed by atoms with Gasteiger partial charge in [0, 0.05) is 0 Å². The van der Waals surface area contributed by atoms with Gasteiger partial charge in [-0.2, -0.15) is 26.3 Å². The van der Waals surface area contributed by atoms with Crippen molar-refractivity contribution in [1.29, 1.82) is 0 Å². The summed E-state index contributed by atoms with van der Waals surface area (Å²) in [6.07, 6.45) is -11.8. The number of aliphatic hydroxyl groups is 1. The zero-order valence-corrected chi connectivity index (χ0v) is 13.6. The van der Waals surface area contributed by atoms with Gasteiger partial charge in [0.25, 0.3) is 0 Å². The van der Waals surface area contributed by atoms with Crippen molar-refractivity contribution in [3.8, 4) is 0 Å². The third kappa shape index (κ3) is 5.25. The largest absolute Gasteiger partial charge is 0.462 e. The first-order valence-corrected chi connectivity index (χ1v) is 6.82. The number of ether oxygens (including phenoxy) is 1. The molecule has 0 bridgehead atoms. The number of carbonyl (C=O) groups excluding carboxylic acids is 1.